The molecule has 0 aliphatic carbocycles. The second kappa shape index (κ2) is 10.8. The normalized spacial score (nSPS) is 15.5. The average Bonchev–Trinajstić information content (AvgIpc) is 2.63. The Morgan fingerprint density at radius 3 is 2.52 bits per heavy atom. The number of carbonyl (C=O) groups is 2. The Hall–Kier alpha value is -2.26. The van der Waals surface area contributed by atoms with Crippen molar-refractivity contribution in [2.24, 2.45) is 0 Å². The first-order valence-electron chi connectivity index (χ1n) is 8.91. The van der Waals surface area contributed by atoms with E-state index in [1.807, 2.05) is 0 Å². The Kier molecular flexibility index (Phi) is 8.41. The Balaban J connectivity index is 1.64. The molecule has 1 aromatic carbocycles. The fourth-order valence-electron chi connectivity index (χ4n) is 2.77. The van der Waals surface area contributed by atoms with Crippen LogP contribution in [0.1, 0.15) is 5.56 Å². The number of quaternary nitrogens is 1. The summed E-state index contributed by atoms with van der Waals surface area (Å²) in [5.74, 6) is -0.0115. The molecule has 0 aromatic heterocycles. The number of hydrogen-bond acceptors (Lipinski definition) is 4. The van der Waals surface area contributed by atoms with E-state index in [9.17, 15) is 18.4 Å². The molecule has 1 unspecified atom stereocenters. The fraction of sp³-hybridized carbons (Fsp3) is 0.556. The van der Waals surface area contributed by atoms with E-state index in [1.165, 1.54) is 12.1 Å². The molecule has 2 N–H and O–H groups in total. The van der Waals surface area contributed by atoms with Gasteiger partial charge in [0.15, 0.2) is 13.1 Å². The van der Waals surface area contributed by atoms with Crippen LogP contribution in [0.4, 0.5) is 8.78 Å². The van der Waals surface area contributed by atoms with Gasteiger partial charge in [0.2, 0.25) is 0 Å². The van der Waals surface area contributed by atoms with Gasteiger partial charge in [0.05, 0.1) is 20.3 Å². The first-order chi connectivity index (χ1) is 12.9. The van der Waals surface area contributed by atoms with Crippen LogP contribution in [-0.2, 0) is 20.7 Å². The van der Waals surface area contributed by atoms with Crippen LogP contribution in [-0.4, -0.2) is 76.3 Å². The summed E-state index contributed by atoms with van der Waals surface area (Å²) >= 11 is 0. The van der Waals surface area contributed by atoms with Gasteiger partial charge in [-0.2, -0.15) is 8.78 Å². The molecule has 0 saturated carbocycles. The average molecular weight is 386 g/mol. The standard InChI is InChI=1S/C18H25F2N3O4/c1-22(13-17(25)23-8-10-26-11-9-23)12-16(24)21-7-6-14-2-4-15(5-3-14)27-18(19)20/h2-5,18H,6-13H2,1H3,(H,21,24)/p+1. The van der Waals surface area contributed by atoms with E-state index < -0.39 is 6.61 Å². The number of benzene rings is 1. The highest BCUT2D eigenvalue weighted by molar-refractivity contribution is 5.79. The Morgan fingerprint density at radius 2 is 1.89 bits per heavy atom. The zero-order valence-corrected chi connectivity index (χ0v) is 15.4. The Bertz CT molecular complexity index is 607. The van der Waals surface area contributed by atoms with E-state index in [0.717, 1.165) is 10.5 Å². The van der Waals surface area contributed by atoms with Gasteiger partial charge < -0.3 is 24.6 Å². The maximum absolute atomic E-state index is 12.1. The summed E-state index contributed by atoms with van der Waals surface area (Å²) in [7, 11) is 1.81. The zero-order chi connectivity index (χ0) is 19.6. The lowest BCUT2D eigenvalue weighted by Gasteiger charge is -2.27. The van der Waals surface area contributed by atoms with E-state index in [2.05, 4.69) is 10.1 Å². The predicted octanol–water partition coefficient (Wildman–Crippen LogP) is -0.680. The topological polar surface area (TPSA) is 72.3 Å². The van der Waals surface area contributed by atoms with Crippen LogP contribution in [0.2, 0.25) is 0 Å². The third-order valence-corrected chi connectivity index (χ3v) is 4.16. The fourth-order valence-corrected chi connectivity index (χ4v) is 2.77. The summed E-state index contributed by atoms with van der Waals surface area (Å²) in [5.41, 5.74) is 0.903. The number of nitrogens with zero attached hydrogens (tertiary/aromatic N) is 1. The largest absolute Gasteiger partial charge is 0.435 e. The number of alkyl halides is 2. The molecule has 150 valence electrons. The molecule has 1 fully saturated rings. The lowest BCUT2D eigenvalue weighted by Crippen LogP contribution is -3.11. The predicted molar refractivity (Wildman–Crippen MR) is 93.8 cm³/mol. The highest BCUT2D eigenvalue weighted by Crippen LogP contribution is 2.14. The highest BCUT2D eigenvalue weighted by atomic mass is 19.3. The minimum absolute atomic E-state index is 0.0229. The van der Waals surface area contributed by atoms with Gasteiger partial charge in [0.1, 0.15) is 5.75 Å². The summed E-state index contributed by atoms with van der Waals surface area (Å²) < 4.78 is 33.7. The minimum atomic E-state index is -2.84. The van der Waals surface area contributed by atoms with Crippen molar-refractivity contribution in [2.75, 3.05) is 53.0 Å². The molecule has 1 aliphatic heterocycles. The van der Waals surface area contributed by atoms with Crippen molar-refractivity contribution in [3.63, 3.8) is 0 Å². The van der Waals surface area contributed by atoms with Gasteiger partial charge in [-0.3, -0.25) is 9.59 Å². The van der Waals surface area contributed by atoms with Crippen molar-refractivity contribution in [1.29, 1.82) is 0 Å². The van der Waals surface area contributed by atoms with Crippen molar-refractivity contribution >= 4 is 11.8 Å². The molecule has 1 saturated heterocycles. The van der Waals surface area contributed by atoms with Crippen molar-refractivity contribution in [3.8, 4) is 5.75 Å². The van der Waals surface area contributed by atoms with E-state index >= 15 is 0 Å². The van der Waals surface area contributed by atoms with Crippen molar-refractivity contribution in [1.82, 2.24) is 10.2 Å². The number of carbonyl (C=O) groups excluding carboxylic acids is 2. The molecule has 27 heavy (non-hydrogen) atoms. The maximum atomic E-state index is 12.1. The first-order valence-corrected chi connectivity index (χ1v) is 8.91. The van der Waals surface area contributed by atoms with Gasteiger partial charge >= 0.3 is 6.61 Å². The number of morpholine rings is 1. The summed E-state index contributed by atoms with van der Waals surface area (Å²) in [6.07, 6.45) is 0.576. The summed E-state index contributed by atoms with van der Waals surface area (Å²) in [5, 5.41) is 2.81. The molecule has 9 heteroatoms. The van der Waals surface area contributed by atoms with E-state index in [1.54, 1.807) is 24.1 Å². The summed E-state index contributed by atoms with van der Waals surface area (Å²) in [6, 6.07) is 6.31. The number of ether oxygens (including phenoxy) is 2. The quantitative estimate of drug-likeness (QED) is 0.590. The summed E-state index contributed by atoms with van der Waals surface area (Å²) in [4.78, 5) is 26.7. The monoisotopic (exact) mass is 386 g/mol. The number of rotatable bonds is 9. The van der Waals surface area contributed by atoms with Crippen LogP contribution in [0.3, 0.4) is 0 Å². The van der Waals surface area contributed by atoms with Crippen LogP contribution in [0.25, 0.3) is 0 Å². The second-order valence-electron chi connectivity index (χ2n) is 6.43. The summed E-state index contributed by atoms with van der Waals surface area (Å²) in [6.45, 7) is 0.360. The molecule has 7 nitrogen and oxygen atoms in total. The third kappa shape index (κ3) is 7.88. The Morgan fingerprint density at radius 1 is 1.22 bits per heavy atom. The van der Waals surface area contributed by atoms with E-state index in [0.29, 0.717) is 39.3 Å². The van der Waals surface area contributed by atoms with Crippen LogP contribution >= 0.6 is 0 Å². The molecule has 2 rings (SSSR count). The lowest BCUT2D eigenvalue weighted by atomic mass is 10.1. The molecule has 1 atom stereocenters. The molecule has 0 radical (unpaired) electrons. The molecular formula is C18H26F2N3O4+. The number of halogens is 2. The van der Waals surface area contributed by atoms with Crippen LogP contribution in [0.5, 0.6) is 5.75 Å². The van der Waals surface area contributed by atoms with Crippen molar-refractivity contribution in [2.45, 2.75) is 13.0 Å². The zero-order valence-electron chi connectivity index (χ0n) is 15.4. The highest BCUT2D eigenvalue weighted by Gasteiger charge is 2.21. The number of likely N-dealkylation sites (N-methyl/N-ethyl adjacent to an activating group) is 1. The van der Waals surface area contributed by atoms with Crippen LogP contribution in [0.15, 0.2) is 24.3 Å². The van der Waals surface area contributed by atoms with E-state index in [4.69, 9.17) is 4.74 Å². The number of amides is 2. The molecule has 1 heterocycles. The second-order valence-corrected chi connectivity index (χ2v) is 6.43. The third-order valence-electron chi connectivity index (χ3n) is 4.16. The SMILES string of the molecule is C[NH+](CC(=O)NCCc1ccc(OC(F)F)cc1)CC(=O)N1CCOCC1. The van der Waals surface area contributed by atoms with Gasteiger partial charge in [-0.1, -0.05) is 12.1 Å². The van der Waals surface area contributed by atoms with Crippen LogP contribution in [0, 0.1) is 0 Å². The molecule has 0 spiro atoms. The molecule has 1 aromatic rings. The Labute approximate surface area is 157 Å². The van der Waals surface area contributed by atoms with E-state index in [-0.39, 0.29) is 30.7 Å². The number of nitrogens with one attached hydrogen (secondary N) is 2. The lowest BCUT2D eigenvalue weighted by molar-refractivity contribution is -0.863. The van der Waals surface area contributed by atoms with Crippen molar-refractivity contribution in [3.05, 3.63) is 29.8 Å². The van der Waals surface area contributed by atoms with Gasteiger partial charge in [0, 0.05) is 19.6 Å². The van der Waals surface area contributed by atoms with Crippen molar-refractivity contribution < 1.29 is 32.7 Å². The molecule has 0 bridgehead atoms. The number of hydrogen-bond donors (Lipinski definition) is 2. The van der Waals surface area contributed by atoms with Crippen LogP contribution < -0.4 is 15.0 Å². The first kappa shape index (κ1) is 21.0. The van der Waals surface area contributed by atoms with Gasteiger partial charge in [-0.25, -0.2) is 0 Å². The maximum Gasteiger partial charge on any atom is 0.387 e. The molecular weight excluding hydrogens is 360 g/mol. The molecule has 1 aliphatic rings. The van der Waals surface area contributed by atoms with Gasteiger partial charge in [0.25, 0.3) is 11.8 Å². The molecule has 2 amide bonds. The minimum Gasteiger partial charge on any atom is -0.435 e. The van der Waals surface area contributed by atoms with Gasteiger partial charge in [-0.05, 0) is 24.1 Å². The van der Waals surface area contributed by atoms with Gasteiger partial charge in [-0.15, -0.1) is 0 Å². The smallest absolute Gasteiger partial charge is 0.387 e.